The molecule has 2 aliphatic heterocycles. The Bertz CT molecular complexity index is 866. The number of cyclic esters (lactones) is 1. The molecule has 0 saturated heterocycles. The van der Waals surface area contributed by atoms with Crippen molar-refractivity contribution >= 4 is 17.8 Å². The van der Waals surface area contributed by atoms with Crippen LogP contribution < -0.4 is 5.32 Å². The minimum atomic E-state index is -0.525. The number of hydrogen-bond acceptors (Lipinski definition) is 5. The molecule has 7 nitrogen and oxygen atoms in total. The number of fused-ring (bicyclic) bond motifs is 1. The second kappa shape index (κ2) is 12.0. The minimum absolute atomic E-state index is 0.0689. The zero-order chi connectivity index (χ0) is 23.8. The van der Waals surface area contributed by atoms with Crippen LogP contribution in [0.25, 0.3) is 0 Å². The first-order chi connectivity index (χ1) is 15.9. The van der Waals surface area contributed by atoms with Gasteiger partial charge in [0.05, 0.1) is 24.6 Å². The van der Waals surface area contributed by atoms with E-state index in [1.165, 1.54) is 0 Å². The number of ether oxygens (including phenoxy) is 1. The van der Waals surface area contributed by atoms with Crippen molar-refractivity contribution in [1.29, 1.82) is 0 Å². The van der Waals surface area contributed by atoms with Crippen molar-refractivity contribution in [2.75, 3.05) is 13.2 Å². The number of nitrogens with one attached hydrogen (secondary N) is 1. The van der Waals surface area contributed by atoms with Gasteiger partial charge in [-0.25, -0.2) is 0 Å². The van der Waals surface area contributed by atoms with Crippen LogP contribution in [0.4, 0.5) is 0 Å². The lowest BCUT2D eigenvalue weighted by molar-refractivity contribution is -0.145. The van der Waals surface area contributed by atoms with Crippen LogP contribution in [0.1, 0.15) is 57.1 Å². The van der Waals surface area contributed by atoms with Crippen molar-refractivity contribution in [3.05, 3.63) is 47.5 Å². The van der Waals surface area contributed by atoms with Gasteiger partial charge in [-0.05, 0) is 42.7 Å². The fourth-order valence-corrected chi connectivity index (χ4v) is 4.35. The molecule has 0 spiro atoms. The number of carbonyl (C=O) groups is 3. The van der Waals surface area contributed by atoms with E-state index in [1.807, 2.05) is 50.3 Å². The summed E-state index contributed by atoms with van der Waals surface area (Å²) in [7, 11) is 0. The number of allylic oxidation sites excluding steroid dienone is 2. The Labute approximate surface area is 196 Å². The van der Waals surface area contributed by atoms with Crippen molar-refractivity contribution in [3.63, 3.8) is 0 Å². The largest absolute Gasteiger partial charge is 0.463 e. The van der Waals surface area contributed by atoms with E-state index in [0.717, 1.165) is 17.5 Å². The molecule has 0 aliphatic carbocycles. The van der Waals surface area contributed by atoms with Crippen molar-refractivity contribution < 1.29 is 24.2 Å². The van der Waals surface area contributed by atoms with Crippen LogP contribution in [0.5, 0.6) is 0 Å². The molecule has 2 heterocycles. The van der Waals surface area contributed by atoms with E-state index < -0.39 is 5.92 Å². The van der Waals surface area contributed by atoms with Crippen LogP contribution in [-0.2, 0) is 32.1 Å². The monoisotopic (exact) mass is 456 g/mol. The second-order valence-electron chi connectivity index (χ2n) is 9.37. The van der Waals surface area contributed by atoms with E-state index in [9.17, 15) is 19.5 Å². The van der Waals surface area contributed by atoms with E-state index in [4.69, 9.17) is 4.74 Å². The van der Waals surface area contributed by atoms with E-state index in [2.05, 4.69) is 5.32 Å². The molecule has 180 valence electrons. The summed E-state index contributed by atoms with van der Waals surface area (Å²) < 4.78 is 5.37. The first kappa shape index (κ1) is 25.0. The van der Waals surface area contributed by atoms with Gasteiger partial charge in [0.15, 0.2) is 0 Å². The van der Waals surface area contributed by atoms with E-state index in [0.29, 0.717) is 32.2 Å². The molecule has 0 aromatic heterocycles. The summed E-state index contributed by atoms with van der Waals surface area (Å²) in [6, 6.07) is 7.36. The van der Waals surface area contributed by atoms with Crippen LogP contribution in [0.15, 0.2) is 36.4 Å². The lowest BCUT2D eigenvalue weighted by atomic mass is 9.92. The highest BCUT2D eigenvalue weighted by Gasteiger charge is 2.32. The predicted octanol–water partition coefficient (Wildman–Crippen LogP) is 2.75. The molecule has 0 fully saturated rings. The fourth-order valence-electron chi connectivity index (χ4n) is 4.35. The highest BCUT2D eigenvalue weighted by atomic mass is 16.5. The van der Waals surface area contributed by atoms with Crippen molar-refractivity contribution in [3.8, 4) is 0 Å². The molecule has 2 N–H and O–H groups in total. The number of esters is 1. The van der Waals surface area contributed by atoms with Crippen molar-refractivity contribution in [1.82, 2.24) is 10.2 Å². The standard InChI is InChI=1S/C26H36N2O5/c1-18(2)23-17-33-25(31)12-6-4-3-5-10-20(26(32)27-23)14-24(30)28-15-21-11-8-7-9-19(21)13-22(28)16-29/h3,5,7-9,11,18,20,22-23,29H,4,6,10,12-17H2,1-2H3,(H,27,32). The summed E-state index contributed by atoms with van der Waals surface area (Å²) in [5.41, 5.74) is 2.23. The summed E-state index contributed by atoms with van der Waals surface area (Å²) in [5.74, 6) is -1.04. The van der Waals surface area contributed by atoms with E-state index >= 15 is 0 Å². The molecule has 7 heteroatoms. The summed E-state index contributed by atoms with van der Waals surface area (Å²) in [4.78, 5) is 40.1. The van der Waals surface area contributed by atoms with Gasteiger partial charge in [-0.1, -0.05) is 50.3 Å². The number of rotatable bonds is 4. The average molecular weight is 457 g/mol. The highest BCUT2D eigenvalue weighted by molar-refractivity contribution is 5.86. The number of benzene rings is 1. The van der Waals surface area contributed by atoms with E-state index in [-0.39, 0.29) is 55.4 Å². The summed E-state index contributed by atoms with van der Waals surface area (Å²) in [6.07, 6.45) is 6.78. The van der Waals surface area contributed by atoms with Crippen LogP contribution >= 0.6 is 0 Å². The third-order valence-corrected chi connectivity index (χ3v) is 6.57. The zero-order valence-electron chi connectivity index (χ0n) is 19.7. The normalized spacial score (nSPS) is 24.7. The Hall–Kier alpha value is -2.67. The number of carbonyl (C=O) groups excluding carboxylic acids is 3. The number of aliphatic hydroxyl groups excluding tert-OH is 1. The zero-order valence-corrected chi connectivity index (χ0v) is 19.7. The van der Waals surface area contributed by atoms with Gasteiger partial charge in [0.1, 0.15) is 6.61 Å². The quantitative estimate of drug-likeness (QED) is 0.537. The Kier molecular flexibility index (Phi) is 9.06. The van der Waals surface area contributed by atoms with Gasteiger partial charge in [0.25, 0.3) is 0 Å². The molecule has 1 aromatic carbocycles. The Morgan fingerprint density at radius 2 is 1.97 bits per heavy atom. The average Bonchev–Trinajstić information content (AvgIpc) is 2.82. The first-order valence-electron chi connectivity index (χ1n) is 12.0. The van der Waals surface area contributed by atoms with Gasteiger partial charge in [0, 0.05) is 19.4 Å². The summed E-state index contributed by atoms with van der Waals surface area (Å²) in [5, 5.41) is 12.9. The van der Waals surface area contributed by atoms with Crippen LogP contribution in [0, 0.1) is 11.8 Å². The lowest BCUT2D eigenvalue weighted by Gasteiger charge is -2.36. The molecular formula is C26H36N2O5. The van der Waals surface area contributed by atoms with Gasteiger partial charge < -0.3 is 20.1 Å². The van der Waals surface area contributed by atoms with Crippen LogP contribution in [-0.4, -0.2) is 53.1 Å². The number of hydrogen-bond donors (Lipinski definition) is 2. The molecule has 0 radical (unpaired) electrons. The smallest absolute Gasteiger partial charge is 0.305 e. The molecule has 0 saturated carbocycles. The maximum Gasteiger partial charge on any atom is 0.305 e. The molecule has 1 aromatic rings. The van der Waals surface area contributed by atoms with Gasteiger partial charge >= 0.3 is 5.97 Å². The molecule has 2 amide bonds. The molecule has 33 heavy (non-hydrogen) atoms. The van der Waals surface area contributed by atoms with Crippen molar-refractivity contribution in [2.45, 2.75) is 71.0 Å². The Balaban J connectivity index is 1.74. The molecule has 3 rings (SSSR count). The topological polar surface area (TPSA) is 95.9 Å². The SMILES string of the molecule is CC(C)C1COC(=O)CCCC=CCC(CC(=O)N2Cc3ccccc3CC2CO)C(=O)N1. The van der Waals surface area contributed by atoms with Gasteiger partial charge in [0.2, 0.25) is 11.8 Å². The molecular weight excluding hydrogens is 420 g/mol. The molecule has 0 bridgehead atoms. The maximum absolute atomic E-state index is 13.3. The number of aliphatic hydroxyl groups is 1. The Morgan fingerprint density at radius 3 is 2.70 bits per heavy atom. The minimum Gasteiger partial charge on any atom is -0.463 e. The van der Waals surface area contributed by atoms with E-state index in [1.54, 1.807) is 4.90 Å². The maximum atomic E-state index is 13.3. The second-order valence-corrected chi connectivity index (χ2v) is 9.37. The summed E-state index contributed by atoms with van der Waals surface area (Å²) >= 11 is 0. The Morgan fingerprint density at radius 1 is 1.21 bits per heavy atom. The van der Waals surface area contributed by atoms with Crippen LogP contribution in [0.2, 0.25) is 0 Å². The molecule has 3 unspecified atom stereocenters. The van der Waals surface area contributed by atoms with Crippen LogP contribution in [0.3, 0.4) is 0 Å². The molecule has 3 atom stereocenters. The molecule has 2 aliphatic rings. The first-order valence-corrected chi connectivity index (χ1v) is 12.0. The fraction of sp³-hybridized carbons (Fsp3) is 0.577. The highest BCUT2D eigenvalue weighted by Crippen LogP contribution is 2.25. The predicted molar refractivity (Wildman–Crippen MR) is 125 cm³/mol. The van der Waals surface area contributed by atoms with Crippen molar-refractivity contribution in [2.24, 2.45) is 11.8 Å². The van der Waals surface area contributed by atoms with Gasteiger partial charge in [-0.3, -0.25) is 14.4 Å². The van der Waals surface area contributed by atoms with Gasteiger partial charge in [-0.2, -0.15) is 0 Å². The third-order valence-electron chi connectivity index (χ3n) is 6.57. The summed E-state index contributed by atoms with van der Waals surface area (Å²) in [6.45, 7) is 4.39. The van der Waals surface area contributed by atoms with Gasteiger partial charge in [-0.15, -0.1) is 0 Å². The number of amides is 2. The third kappa shape index (κ3) is 6.90. The number of nitrogens with zero attached hydrogens (tertiary/aromatic N) is 1. The lowest BCUT2D eigenvalue weighted by Crippen LogP contribution is -2.49.